The minimum absolute atomic E-state index is 0.358. The standard InChI is InChI=1S/C10H10BrNO2/c1-10(6-12-9(13)14-10)7-4-2-3-5-8(7)11/h2-5H,6H2,1H3,(H,12,13). The van der Waals surface area contributed by atoms with Gasteiger partial charge in [0.2, 0.25) is 0 Å². The molecule has 1 atom stereocenters. The van der Waals surface area contributed by atoms with E-state index < -0.39 is 5.60 Å². The smallest absolute Gasteiger partial charge is 0.408 e. The van der Waals surface area contributed by atoms with Crippen molar-refractivity contribution in [2.45, 2.75) is 12.5 Å². The molecular weight excluding hydrogens is 246 g/mol. The largest absolute Gasteiger partial charge is 0.436 e. The van der Waals surface area contributed by atoms with E-state index in [0.29, 0.717) is 6.54 Å². The van der Waals surface area contributed by atoms with Crippen molar-refractivity contribution in [2.24, 2.45) is 0 Å². The minimum atomic E-state index is -0.558. The van der Waals surface area contributed by atoms with Crippen LogP contribution in [0.5, 0.6) is 0 Å². The molecular formula is C10H10BrNO2. The van der Waals surface area contributed by atoms with Crippen molar-refractivity contribution < 1.29 is 9.53 Å². The highest BCUT2D eigenvalue weighted by atomic mass is 79.9. The first kappa shape index (κ1) is 9.52. The summed E-state index contributed by atoms with van der Waals surface area (Å²) in [5.74, 6) is 0. The third-order valence-electron chi connectivity index (χ3n) is 2.33. The molecule has 0 radical (unpaired) electrons. The molecule has 1 heterocycles. The Bertz CT molecular complexity index is 380. The Labute approximate surface area is 90.6 Å². The number of carbonyl (C=O) groups excluding carboxylic acids is 1. The number of benzene rings is 1. The molecule has 1 unspecified atom stereocenters. The summed E-state index contributed by atoms with van der Waals surface area (Å²) < 4.78 is 6.19. The molecule has 1 N–H and O–H groups in total. The predicted molar refractivity (Wildman–Crippen MR) is 56.0 cm³/mol. The van der Waals surface area contributed by atoms with Gasteiger partial charge < -0.3 is 10.1 Å². The zero-order chi connectivity index (χ0) is 10.2. The number of carbonyl (C=O) groups is 1. The predicted octanol–water partition coefficient (Wildman–Crippen LogP) is 2.40. The maximum absolute atomic E-state index is 11.0. The summed E-state index contributed by atoms with van der Waals surface area (Å²) in [5.41, 5.74) is 0.426. The summed E-state index contributed by atoms with van der Waals surface area (Å²) in [5, 5.41) is 2.65. The van der Waals surface area contributed by atoms with E-state index in [0.717, 1.165) is 10.0 Å². The Balaban J connectivity index is 2.40. The van der Waals surface area contributed by atoms with Gasteiger partial charge in [-0.05, 0) is 13.0 Å². The van der Waals surface area contributed by atoms with Crippen molar-refractivity contribution in [1.29, 1.82) is 0 Å². The monoisotopic (exact) mass is 255 g/mol. The molecule has 1 fully saturated rings. The summed E-state index contributed by atoms with van der Waals surface area (Å²) in [6, 6.07) is 7.75. The third kappa shape index (κ3) is 1.50. The number of cyclic esters (lactones) is 1. The topological polar surface area (TPSA) is 38.3 Å². The Hall–Kier alpha value is -1.03. The fourth-order valence-electron chi connectivity index (χ4n) is 1.56. The van der Waals surface area contributed by atoms with Crippen LogP contribution in [0.4, 0.5) is 4.79 Å². The van der Waals surface area contributed by atoms with Crippen LogP contribution in [0, 0.1) is 0 Å². The zero-order valence-electron chi connectivity index (χ0n) is 7.71. The number of hydrogen-bond acceptors (Lipinski definition) is 2. The molecule has 14 heavy (non-hydrogen) atoms. The van der Waals surface area contributed by atoms with Crippen LogP contribution in [0.3, 0.4) is 0 Å². The van der Waals surface area contributed by atoms with Crippen molar-refractivity contribution in [3.05, 3.63) is 34.3 Å². The summed E-state index contributed by atoms with van der Waals surface area (Å²) in [6.07, 6.45) is -0.358. The first-order valence-corrected chi connectivity index (χ1v) is 5.13. The molecule has 0 bridgehead atoms. The molecule has 1 aliphatic heterocycles. The molecule has 0 saturated carbocycles. The van der Waals surface area contributed by atoms with Gasteiger partial charge in [0, 0.05) is 10.0 Å². The Morgan fingerprint density at radius 1 is 1.50 bits per heavy atom. The van der Waals surface area contributed by atoms with Gasteiger partial charge in [-0.1, -0.05) is 34.1 Å². The van der Waals surface area contributed by atoms with E-state index in [4.69, 9.17) is 4.74 Å². The van der Waals surface area contributed by atoms with E-state index in [1.165, 1.54) is 0 Å². The van der Waals surface area contributed by atoms with Gasteiger partial charge >= 0.3 is 6.09 Å². The minimum Gasteiger partial charge on any atom is -0.436 e. The van der Waals surface area contributed by atoms with E-state index in [-0.39, 0.29) is 6.09 Å². The Morgan fingerprint density at radius 3 is 2.79 bits per heavy atom. The first-order valence-electron chi connectivity index (χ1n) is 4.34. The molecule has 1 aliphatic rings. The highest BCUT2D eigenvalue weighted by Gasteiger charge is 2.38. The fraction of sp³-hybridized carbons (Fsp3) is 0.300. The highest BCUT2D eigenvalue weighted by Crippen LogP contribution is 2.33. The quantitative estimate of drug-likeness (QED) is 0.837. The number of halogens is 1. The van der Waals surface area contributed by atoms with Gasteiger partial charge in [0.25, 0.3) is 0 Å². The average Bonchev–Trinajstić information content (AvgIpc) is 2.48. The lowest BCUT2D eigenvalue weighted by Gasteiger charge is -2.22. The molecule has 1 amide bonds. The van der Waals surface area contributed by atoms with Gasteiger partial charge in [-0.3, -0.25) is 0 Å². The van der Waals surface area contributed by atoms with E-state index in [1.54, 1.807) is 0 Å². The van der Waals surface area contributed by atoms with Crippen LogP contribution in [0.2, 0.25) is 0 Å². The second-order valence-corrected chi connectivity index (χ2v) is 4.31. The van der Waals surface area contributed by atoms with Crippen LogP contribution in [0.25, 0.3) is 0 Å². The summed E-state index contributed by atoms with van der Waals surface area (Å²) in [7, 11) is 0. The van der Waals surface area contributed by atoms with Crippen LogP contribution >= 0.6 is 15.9 Å². The van der Waals surface area contributed by atoms with Gasteiger partial charge in [-0.25, -0.2) is 4.79 Å². The number of alkyl carbamates (subject to hydrolysis) is 1. The second-order valence-electron chi connectivity index (χ2n) is 3.45. The maximum Gasteiger partial charge on any atom is 0.408 e. The first-order chi connectivity index (χ1) is 6.62. The van der Waals surface area contributed by atoms with Crippen molar-refractivity contribution in [3.63, 3.8) is 0 Å². The molecule has 0 aliphatic carbocycles. The van der Waals surface area contributed by atoms with E-state index in [1.807, 2.05) is 31.2 Å². The van der Waals surface area contributed by atoms with Crippen LogP contribution in [0.1, 0.15) is 12.5 Å². The summed E-state index contributed by atoms with van der Waals surface area (Å²) in [6.45, 7) is 2.40. The molecule has 1 aromatic rings. The molecule has 74 valence electrons. The number of rotatable bonds is 1. The van der Waals surface area contributed by atoms with Gasteiger partial charge in [-0.15, -0.1) is 0 Å². The molecule has 0 aromatic heterocycles. The third-order valence-corrected chi connectivity index (χ3v) is 3.02. The van der Waals surface area contributed by atoms with Crippen LogP contribution < -0.4 is 5.32 Å². The van der Waals surface area contributed by atoms with Crippen molar-refractivity contribution in [2.75, 3.05) is 6.54 Å². The normalized spacial score (nSPS) is 25.7. The van der Waals surface area contributed by atoms with Crippen LogP contribution in [0.15, 0.2) is 28.7 Å². The summed E-state index contributed by atoms with van der Waals surface area (Å²) in [4.78, 5) is 11.0. The number of hydrogen-bond donors (Lipinski definition) is 1. The molecule has 1 aromatic carbocycles. The molecule has 4 heteroatoms. The van der Waals surface area contributed by atoms with Crippen LogP contribution in [-0.2, 0) is 10.3 Å². The lowest BCUT2D eigenvalue weighted by molar-refractivity contribution is 0.0699. The lowest BCUT2D eigenvalue weighted by atomic mass is 9.96. The molecule has 0 spiro atoms. The fourth-order valence-corrected chi connectivity index (χ4v) is 2.26. The lowest BCUT2D eigenvalue weighted by Crippen LogP contribution is -2.26. The molecule has 3 nitrogen and oxygen atoms in total. The van der Waals surface area contributed by atoms with Gasteiger partial charge in [-0.2, -0.15) is 0 Å². The number of nitrogens with one attached hydrogen (secondary N) is 1. The molecule has 2 rings (SSSR count). The van der Waals surface area contributed by atoms with Gasteiger partial charge in [0.15, 0.2) is 5.60 Å². The van der Waals surface area contributed by atoms with Crippen molar-refractivity contribution in [1.82, 2.24) is 5.32 Å². The second kappa shape index (κ2) is 3.28. The Morgan fingerprint density at radius 2 is 2.21 bits per heavy atom. The Kier molecular flexibility index (Phi) is 2.23. The number of amides is 1. The van der Waals surface area contributed by atoms with E-state index in [2.05, 4.69) is 21.2 Å². The highest BCUT2D eigenvalue weighted by molar-refractivity contribution is 9.10. The molecule has 1 saturated heterocycles. The van der Waals surface area contributed by atoms with Gasteiger partial charge in [0.05, 0.1) is 6.54 Å². The van der Waals surface area contributed by atoms with Crippen molar-refractivity contribution in [3.8, 4) is 0 Å². The SMILES string of the molecule is CC1(c2ccccc2Br)CNC(=O)O1. The maximum atomic E-state index is 11.0. The summed E-state index contributed by atoms with van der Waals surface area (Å²) >= 11 is 3.44. The van der Waals surface area contributed by atoms with Crippen molar-refractivity contribution >= 4 is 22.0 Å². The van der Waals surface area contributed by atoms with Crippen LogP contribution in [-0.4, -0.2) is 12.6 Å². The zero-order valence-corrected chi connectivity index (χ0v) is 9.30. The van der Waals surface area contributed by atoms with Gasteiger partial charge in [0.1, 0.15) is 0 Å². The number of ether oxygens (including phenoxy) is 1. The van der Waals surface area contributed by atoms with E-state index in [9.17, 15) is 4.79 Å². The van der Waals surface area contributed by atoms with E-state index >= 15 is 0 Å². The average molecular weight is 256 g/mol.